The molecule has 0 aliphatic heterocycles. The molecule has 0 heterocycles. The van der Waals surface area contributed by atoms with E-state index in [-0.39, 0.29) is 5.41 Å². The van der Waals surface area contributed by atoms with Gasteiger partial charge in [-0.15, -0.1) is 0 Å². The van der Waals surface area contributed by atoms with Crippen LogP contribution in [0.1, 0.15) is 56.6 Å². The Morgan fingerprint density at radius 3 is 2.42 bits per heavy atom. The second-order valence-corrected chi connectivity index (χ2v) is 6.83. The van der Waals surface area contributed by atoms with Gasteiger partial charge in [-0.2, -0.15) is 0 Å². The summed E-state index contributed by atoms with van der Waals surface area (Å²) in [7, 11) is 1.75. The lowest BCUT2D eigenvalue weighted by atomic mass is 9.74. The van der Waals surface area contributed by atoms with Crippen LogP contribution in [0, 0.1) is 0 Å². The Bertz CT molecular complexity index is 450. The maximum Gasteiger partial charge on any atom is 0.123 e. The summed E-state index contributed by atoms with van der Waals surface area (Å²) in [5.74, 6) is 1.43. The molecule has 1 aromatic carbocycles. The molecule has 106 valence electrons. The van der Waals surface area contributed by atoms with Gasteiger partial charge in [0.05, 0.1) is 7.11 Å². The fraction of sp³-hybridized carbons (Fsp3) is 0.625. The van der Waals surface area contributed by atoms with Crippen molar-refractivity contribution in [3.63, 3.8) is 0 Å². The van der Waals surface area contributed by atoms with Crippen LogP contribution in [0.5, 0.6) is 5.75 Å². The molecule has 0 atom stereocenters. The van der Waals surface area contributed by atoms with Gasteiger partial charge < -0.3 is 10.5 Å². The van der Waals surface area contributed by atoms with Crippen molar-refractivity contribution in [3.8, 4) is 5.75 Å². The van der Waals surface area contributed by atoms with Crippen LogP contribution in [-0.2, 0) is 5.41 Å². The third-order valence-electron chi connectivity index (χ3n) is 4.43. The van der Waals surface area contributed by atoms with E-state index in [0.717, 1.165) is 16.8 Å². The van der Waals surface area contributed by atoms with E-state index in [9.17, 15) is 0 Å². The summed E-state index contributed by atoms with van der Waals surface area (Å²) in [6.45, 7) is 5.19. The highest BCUT2D eigenvalue weighted by molar-refractivity contribution is 9.10. The van der Waals surface area contributed by atoms with Gasteiger partial charge in [0, 0.05) is 22.0 Å². The number of hydrogen-bond acceptors (Lipinski definition) is 2. The van der Waals surface area contributed by atoms with Crippen molar-refractivity contribution in [2.24, 2.45) is 5.73 Å². The molecule has 1 aromatic rings. The minimum atomic E-state index is 0.149. The molecule has 0 radical (unpaired) electrons. The lowest BCUT2D eigenvalue weighted by molar-refractivity contribution is 0.396. The van der Waals surface area contributed by atoms with Crippen LogP contribution in [0.15, 0.2) is 16.6 Å². The minimum absolute atomic E-state index is 0.149. The normalized spacial score (nSPS) is 18.0. The molecule has 3 heteroatoms. The maximum atomic E-state index is 6.16. The topological polar surface area (TPSA) is 35.2 Å². The largest absolute Gasteiger partial charge is 0.496 e. The number of ether oxygens (including phenoxy) is 1. The molecular weight excluding hydrogens is 302 g/mol. The highest BCUT2D eigenvalue weighted by atomic mass is 79.9. The minimum Gasteiger partial charge on any atom is -0.496 e. The molecule has 0 bridgehead atoms. The van der Waals surface area contributed by atoms with Crippen molar-refractivity contribution in [2.75, 3.05) is 13.7 Å². The number of rotatable bonds is 4. The summed E-state index contributed by atoms with van der Waals surface area (Å²) in [6.07, 6.45) is 4.96. The molecule has 0 spiro atoms. The van der Waals surface area contributed by atoms with Gasteiger partial charge in [-0.25, -0.2) is 0 Å². The van der Waals surface area contributed by atoms with Crippen LogP contribution < -0.4 is 10.5 Å². The second kappa shape index (κ2) is 5.84. The van der Waals surface area contributed by atoms with Crippen molar-refractivity contribution in [1.82, 2.24) is 0 Å². The van der Waals surface area contributed by atoms with Crippen LogP contribution in [0.25, 0.3) is 0 Å². The summed E-state index contributed by atoms with van der Waals surface area (Å²) >= 11 is 3.62. The van der Waals surface area contributed by atoms with E-state index in [2.05, 4.69) is 41.9 Å². The molecular formula is C16H24BrNO. The summed E-state index contributed by atoms with van der Waals surface area (Å²) in [6, 6.07) is 4.33. The van der Waals surface area contributed by atoms with Crippen molar-refractivity contribution in [2.45, 2.75) is 50.9 Å². The first-order valence-corrected chi connectivity index (χ1v) is 7.91. The molecule has 1 saturated carbocycles. The van der Waals surface area contributed by atoms with Gasteiger partial charge in [-0.3, -0.25) is 0 Å². The quantitative estimate of drug-likeness (QED) is 0.893. The Morgan fingerprint density at radius 2 is 1.95 bits per heavy atom. The highest BCUT2D eigenvalue weighted by Gasteiger charge is 2.37. The van der Waals surface area contributed by atoms with Crippen LogP contribution >= 0.6 is 15.9 Å². The SMILES string of the molecule is COc1cc(Br)cc(C2(CN)CCCC2)c1C(C)C. The average molecular weight is 326 g/mol. The molecule has 0 amide bonds. The van der Waals surface area contributed by atoms with Crippen LogP contribution in [0.3, 0.4) is 0 Å². The number of benzene rings is 1. The first kappa shape index (κ1) is 14.9. The van der Waals surface area contributed by atoms with Gasteiger partial charge in [-0.1, -0.05) is 42.6 Å². The van der Waals surface area contributed by atoms with Gasteiger partial charge in [0.15, 0.2) is 0 Å². The van der Waals surface area contributed by atoms with Crippen LogP contribution in [0.2, 0.25) is 0 Å². The van der Waals surface area contributed by atoms with Gasteiger partial charge >= 0.3 is 0 Å². The van der Waals surface area contributed by atoms with E-state index in [1.165, 1.54) is 36.8 Å². The van der Waals surface area contributed by atoms with Gasteiger partial charge in [-0.05, 0) is 36.5 Å². The monoisotopic (exact) mass is 325 g/mol. The molecule has 19 heavy (non-hydrogen) atoms. The van der Waals surface area contributed by atoms with Gasteiger partial charge in [0.2, 0.25) is 0 Å². The van der Waals surface area contributed by atoms with Gasteiger partial charge in [0.25, 0.3) is 0 Å². The number of methoxy groups -OCH3 is 1. The smallest absolute Gasteiger partial charge is 0.123 e. The lowest BCUT2D eigenvalue weighted by Gasteiger charge is -2.32. The van der Waals surface area contributed by atoms with Crippen molar-refractivity contribution < 1.29 is 4.74 Å². The molecule has 1 aliphatic rings. The molecule has 1 aliphatic carbocycles. The Kier molecular flexibility index (Phi) is 4.57. The van der Waals surface area contributed by atoms with Crippen molar-refractivity contribution in [1.29, 1.82) is 0 Å². The molecule has 1 fully saturated rings. The third-order valence-corrected chi connectivity index (χ3v) is 4.88. The molecule has 0 unspecified atom stereocenters. The zero-order valence-electron chi connectivity index (χ0n) is 12.1. The van der Waals surface area contributed by atoms with Crippen molar-refractivity contribution in [3.05, 3.63) is 27.7 Å². The average Bonchev–Trinajstić information content (AvgIpc) is 2.87. The molecule has 0 aromatic heterocycles. The number of halogens is 1. The van der Waals surface area contributed by atoms with Crippen molar-refractivity contribution >= 4 is 15.9 Å². The lowest BCUT2D eigenvalue weighted by Crippen LogP contribution is -2.33. The van der Waals surface area contributed by atoms with E-state index >= 15 is 0 Å². The molecule has 0 saturated heterocycles. The molecule has 2 rings (SSSR count). The second-order valence-electron chi connectivity index (χ2n) is 5.92. The fourth-order valence-electron chi connectivity index (χ4n) is 3.43. The summed E-state index contributed by atoms with van der Waals surface area (Å²) in [4.78, 5) is 0. The maximum absolute atomic E-state index is 6.16. The Hall–Kier alpha value is -0.540. The first-order chi connectivity index (χ1) is 9.04. The van der Waals surface area contributed by atoms with E-state index in [1.54, 1.807) is 7.11 Å². The summed E-state index contributed by atoms with van der Waals surface area (Å²) in [5.41, 5.74) is 9.03. The zero-order valence-corrected chi connectivity index (χ0v) is 13.7. The van der Waals surface area contributed by atoms with E-state index in [0.29, 0.717) is 5.92 Å². The fourth-order valence-corrected chi connectivity index (χ4v) is 3.87. The highest BCUT2D eigenvalue weighted by Crippen LogP contribution is 2.46. The predicted molar refractivity (Wildman–Crippen MR) is 84.0 cm³/mol. The third kappa shape index (κ3) is 2.68. The summed E-state index contributed by atoms with van der Waals surface area (Å²) < 4.78 is 6.69. The Labute approximate surface area is 124 Å². The number of hydrogen-bond donors (Lipinski definition) is 1. The van der Waals surface area contributed by atoms with Gasteiger partial charge in [0.1, 0.15) is 5.75 Å². The Balaban J connectivity index is 2.63. The summed E-state index contributed by atoms with van der Waals surface area (Å²) in [5, 5.41) is 0. The first-order valence-electron chi connectivity index (χ1n) is 7.12. The Morgan fingerprint density at radius 1 is 1.32 bits per heavy atom. The van der Waals surface area contributed by atoms with Crippen LogP contribution in [0.4, 0.5) is 0 Å². The molecule has 2 nitrogen and oxygen atoms in total. The zero-order chi connectivity index (χ0) is 14.0. The standard InChI is InChI=1S/C16H24BrNO/c1-11(2)15-13(8-12(17)9-14(15)19-3)16(10-18)6-4-5-7-16/h8-9,11H,4-7,10,18H2,1-3H3. The molecule has 2 N–H and O–H groups in total. The van der Waals surface area contributed by atoms with Crippen LogP contribution in [-0.4, -0.2) is 13.7 Å². The predicted octanol–water partition coefficient (Wildman–Crippen LogP) is 4.35. The van der Waals surface area contributed by atoms with E-state index in [4.69, 9.17) is 10.5 Å². The van der Waals surface area contributed by atoms with E-state index < -0.39 is 0 Å². The number of nitrogens with two attached hydrogens (primary N) is 1. The van der Waals surface area contributed by atoms with E-state index in [1.807, 2.05) is 0 Å².